The van der Waals surface area contributed by atoms with Gasteiger partial charge in [-0.25, -0.2) is 0 Å². The van der Waals surface area contributed by atoms with E-state index in [0.29, 0.717) is 6.04 Å². The molecule has 1 atom stereocenters. The molecule has 2 rings (SSSR count). The summed E-state index contributed by atoms with van der Waals surface area (Å²) in [5.41, 5.74) is 1.26. The number of nitrogens with zero attached hydrogens (tertiary/aromatic N) is 2. The monoisotopic (exact) mass is 327 g/mol. The lowest BCUT2D eigenvalue weighted by atomic mass is 10.1. The molecule has 2 heterocycles. The Kier molecular flexibility index (Phi) is 4.97. The molecule has 0 aliphatic carbocycles. The third kappa shape index (κ3) is 3.43. The lowest BCUT2D eigenvalue weighted by molar-refractivity contribution is 0.531. The van der Waals surface area contributed by atoms with Crippen molar-refractivity contribution < 1.29 is 0 Å². The predicted molar refractivity (Wildman–Crippen MR) is 80.0 cm³/mol. The van der Waals surface area contributed by atoms with Gasteiger partial charge in [0.2, 0.25) is 0 Å². The third-order valence-electron chi connectivity index (χ3n) is 2.85. The topological polar surface area (TPSA) is 29.9 Å². The molecule has 1 N–H and O–H groups in total. The first-order valence-electron chi connectivity index (χ1n) is 6.14. The second-order valence-electron chi connectivity index (χ2n) is 4.35. The van der Waals surface area contributed by atoms with E-state index in [0.717, 1.165) is 19.4 Å². The number of aryl methyl sites for hydroxylation is 1. The van der Waals surface area contributed by atoms with Crippen LogP contribution in [-0.4, -0.2) is 16.3 Å². The maximum Gasteiger partial charge on any atom is 0.0537 e. The predicted octanol–water partition coefficient (Wildman–Crippen LogP) is 3.53. The first-order chi connectivity index (χ1) is 8.70. The number of halogens is 1. The van der Waals surface area contributed by atoms with Gasteiger partial charge in [-0.1, -0.05) is 6.92 Å². The summed E-state index contributed by atoms with van der Waals surface area (Å²) in [5.74, 6) is 0. The van der Waals surface area contributed by atoms with Gasteiger partial charge in [-0.3, -0.25) is 4.68 Å². The van der Waals surface area contributed by atoms with Crippen LogP contribution < -0.4 is 5.32 Å². The molecule has 0 fully saturated rings. The molecule has 2 aromatic rings. The Morgan fingerprint density at radius 2 is 2.39 bits per heavy atom. The van der Waals surface area contributed by atoms with E-state index in [9.17, 15) is 0 Å². The van der Waals surface area contributed by atoms with Crippen molar-refractivity contribution in [2.75, 3.05) is 6.54 Å². The quantitative estimate of drug-likeness (QED) is 0.879. The van der Waals surface area contributed by atoms with Crippen molar-refractivity contribution in [2.45, 2.75) is 25.8 Å². The van der Waals surface area contributed by atoms with E-state index in [1.807, 2.05) is 17.9 Å². The van der Waals surface area contributed by atoms with Gasteiger partial charge in [0.25, 0.3) is 0 Å². The van der Waals surface area contributed by atoms with Crippen LogP contribution in [0.2, 0.25) is 0 Å². The summed E-state index contributed by atoms with van der Waals surface area (Å²) in [6.45, 7) is 3.22. The molecule has 0 saturated heterocycles. The molecule has 0 saturated carbocycles. The number of thiophene rings is 1. The van der Waals surface area contributed by atoms with Crippen LogP contribution in [0.25, 0.3) is 0 Å². The van der Waals surface area contributed by atoms with E-state index < -0.39 is 0 Å². The fraction of sp³-hybridized carbons (Fsp3) is 0.462. The Bertz CT molecular complexity index is 492. The second-order valence-corrected chi connectivity index (χ2v) is 6.20. The maximum atomic E-state index is 4.27. The van der Waals surface area contributed by atoms with Crippen molar-refractivity contribution in [3.05, 3.63) is 38.8 Å². The van der Waals surface area contributed by atoms with Crippen LogP contribution in [0, 0.1) is 0 Å². The standard InChI is InChI=1S/C13H18BrN3S/c1-3-5-15-12(10-8-16-17(2)9-10)7-13-11(14)4-6-18-13/h4,6,8-9,12,15H,3,5,7H2,1-2H3. The molecule has 98 valence electrons. The lowest BCUT2D eigenvalue weighted by Crippen LogP contribution is -2.23. The summed E-state index contributed by atoms with van der Waals surface area (Å²) < 4.78 is 3.07. The largest absolute Gasteiger partial charge is 0.310 e. The molecule has 0 aliphatic rings. The van der Waals surface area contributed by atoms with Crippen molar-refractivity contribution in [3.63, 3.8) is 0 Å². The van der Waals surface area contributed by atoms with Crippen LogP contribution in [0.1, 0.15) is 29.8 Å². The Morgan fingerprint density at radius 3 is 2.94 bits per heavy atom. The average molecular weight is 328 g/mol. The molecular formula is C13H18BrN3S. The molecule has 2 aromatic heterocycles. The van der Waals surface area contributed by atoms with Gasteiger partial charge in [0.05, 0.1) is 6.20 Å². The second kappa shape index (κ2) is 6.50. The highest BCUT2D eigenvalue weighted by Gasteiger charge is 2.15. The van der Waals surface area contributed by atoms with E-state index >= 15 is 0 Å². The zero-order chi connectivity index (χ0) is 13.0. The molecule has 5 heteroatoms. The van der Waals surface area contributed by atoms with Gasteiger partial charge >= 0.3 is 0 Å². The smallest absolute Gasteiger partial charge is 0.0537 e. The van der Waals surface area contributed by atoms with Crippen molar-refractivity contribution in [1.82, 2.24) is 15.1 Å². The molecule has 3 nitrogen and oxygen atoms in total. The number of hydrogen-bond donors (Lipinski definition) is 1. The van der Waals surface area contributed by atoms with Crippen molar-refractivity contribution in [2.24, 2.45) is 7.05 Å². The van der Waals surface area contributed by atoms with Crippen molar-refractivity contribution in [3.8, 4) is 0 Å². The van der Waals surface area contributed by atoms with Crippen LogP contribution >= 0.6 is 27.3 Å². The lowest BCUT2D eigenvalue weighted by Gasteiger charge is -2.16. The maximum absolute atomic E-state index is 4.27. The molecule has 0 bridgehead atoms. The summed E-state index contributed by atoms with van der Waals surface area (Å²) in [5, 5.41) is 9.99. The minimum atomic E-state index is 0.341. The first kappa shape index (κ1) is 13.8. The van der Waals surface area contributed by atoms with Crippen molar-refractivity contribution >= 4 is 27.3 Å². The van der Waals surface area contributed by atoms with E-state index in [-0.39, 0.29) is 0 Å². The highest BCUT2D eigenvalue weighted by atomic mass is 79.9. The number of rotatable bonds is 6. The van der Waals surface area contributed by atoms with Gasteiger partial charge < -0.3 is 5.32 Å². The fourth-order valence-corrected chi connectivity index (χ4v) is 3.46. The van der Waals surface area contributed by atoms with Gasteiger partial charge in [0.1, 0.15) is 0 Å². The molecule has 0 spiro atoms. The first-order valence-corrected chi connectivity index (χ1v) is 7.81. The van der Waals surface area contributed by atoms with Crippen LogP contribution in [0.15, 0.2) is 28.3 Å². The SMILES string of the molecule is CCCNC(Cc1sccc1Br)c1cnn(C)c1. The minimum absolute atomic E-state index is 0.341. The number of aromatic nitrogens is 2. The summed E-state index contributed by atoms with van der Waals surface area (Å²) in [6.07, 6.45) is 6.19. The minimum Gasteiger partial charge on any atom is -0.310 e. The van der Waals surface area contributed by atoms with Gasteiger partial charge in [0.15, 0.2) is 0 Å². The molecule has 18 heavy (non-hydrogen) atoms. The third-order valence-corrected chi connectivity index (χ3v) is 4.80. The zero-order valence-electron chi connectivity index (χ0n) is 10.7. The van der Waals surface area contributed by atoms with E-state index in [4.69, 9.17) is 0 Å². The van der Waals surface area contributed by atoms with E-state index in [2.05, 4.69) is 50.9 Å². The van der Waals surface area contributed by atoms with Gasteiger partial charge in [-0.05, 0) is 40.3 Å². The van der Waals surface area contributed by atoms with E-state index in [1.54, 1.807) is 11.3 Å². The van der Waals surface area contributed by atoms with E-state index in [1.165, 1.54) is 14.9 Å². The average Bonchev–Trinajstić information content (AvgIpc) is 2.94. The Labute approximate surface area is 120 Å². The zero-order valence-corrected chi connectivity index (χ0v) is 13.1. The van der Waals surface area contributed by atoms with Crippen LogP contribution in [0.5, 0.6) is 0 Å². The fourth-order valence-electron chi connectivity index (χ4n) is 1.90. The van der Waals surface area contributed by atoms with Gasteiger partial charge in [0, 0.05) is 40.6 Å². The van der Waals surface area contributed by atoms with Gasteiger partial charge in [-0.15, -0.1) is 11.3 Å². The molecular weight excluding hydrogens is 310 g/mol. The summed E-state index contributed by atoms with van der Waals surface area (Å²) in [6, 6.07) is 2.45. The summed E-state index contributed by atoms with van der Waals surface area (Å²) in [4.78, 5) is 1.38. The summed E-state index contributed by atoms with van der Waals surface area (Å²) >= 11 is 5.40. The Morgan fingerprint density at radius 1 is 1.56 bits per heavy atom. The molecule has 0 amide bonds. The van der Waals surface area contributed by atoms with Gasteiger partial charge in [-0.2, -0.15) is 5.10 Å². The molecule has 0 radical (unpaired) electrons. The normalized spacial score (nSPS) is 12.8. The molecule has 0 aromatic carbocycles. The van der Waals surface area contributed by atoms with Crippen LogP contribution in [0.3, 0.4) is 0 Å². The molecule has 1 unspecified atom stereocenters. The van der Waals surface area contributed by atoms with Crippen LogP contribution in [0.4, 0.5) is 0 Å². The Hall–Kier alpha value is -0.650. The number of hydrogen-bond acceptors (Lipinski definition) is 3. The molecule has 0 aliphatic heterocycles. The summed E-state index contributed by atoms with van der Waals surface area (Å²) in [7, 11) is 1.96. The van der Waals surface area contributed by atoms with Crippen LogP contribution in [-0.2, 0) is 13.5 Å². The van der Waals surface area contributed by atoms with Crippen molar-refractivity contribution in [1.29, 1.82) is 0 Å². The highest BCUT2D eigenvalue weighted by Crippen LogP contribution is 2.28. The Balaban J connectivity index is 2.12. The highest BCUT2D eigenvalue weighted by molar-refractivity contribution is 9.10. The number of nitrogens with one attached hydrogen (secondary N) is 1.